The van der Waals surface area contributed by atoms with Crippen LogP contribution in [-0.4, -0.2) is 33.2 Å². The van der Waals surface area contributed by atoms with Crippen LogP contribution in [0.25, 0.3) is 0 Å². The monoisotopic (exact) mass is 377 g/mol. The molecule has 0 radical (unpaired) electrons. The summed E-state index contributed by atoms with van der Waals surface area (Å²) in [4.78, 5) is 36.8. The van der Waals surface area contributed by atoms with Crippen molar-refractivity contribution < 1.29 is 29.7 Å². The van der Waals surface area contributed by atoms with Crippen molar-refractivity contribution in [3.05, 3.63) is 89.5 Å². The van der Waals surface area contributed by atoms with Crippen molar-refractivity contribution in [1.29, 1.82) is 0 Å². The second-order valence-corrected chi connectivity index (χ2v) is 5.80. The van der Waals surface area contributed by atoms with Crippen LogP contribution in [0.1, 0.15) is 31.1 Å². The number of para-hydroxylation sites is 2. The molecule has 0 bridgehead atoms. The molecule has 0 saturated carbocycles. The van der Waals surface area contributed by atoms with E-state index in [1.54, 1.807) is 65.6 Å². The van der Waals surface area contributed by atoms with Crippen LogP contribution < -0.4 is 4.90 Å². The zero-order chi connectivity index (χ0) is 20.3. The van der Waals surface area contributed by atoms with Crippen molar-refractivity contribution in [2.24, 2.45) is 0 Å². The van der Waals surface area contributed by atoms with Gasteiger partial charge in [0.25, 0.3) is 0 Å². The van der Waals surface area contributed by atoms with Gasteiger partial charge in [0.2, 0.25) is 0 Å². The predicted molar refractivity (Wildman–Crippen MR) is 102 cm³/mol. The van der Waals surface area contributed by atoms with Crippen LogP contribution in [0.2, 0.25) is 0 Å². The molecule has 0 aliphatic rings. The summed E-state index contributed by atoms with van der Waals surface area (Å²) in [5.41, 5.74) is -0.720. The van der Waals surface area contributed by atoms with E-state index in [1.807, 2.05) is 0 Å². The molecule has 0 aliphatic heterocycles. The Labute approximate surface area is 159 Å². The van der Waals surface area contributed by atoms with Crippen LogP contribution in [-0.2, 0) is 0 Å². The Morgan fingerprint density at radius 1 is 0.571 bits per heavy atom. The summed E-state index contributed by atoms with van der Waals surface area (Å²) in [6.07, 6.45) is 0. The maximum absolute atomic E-state index is 12.0. The van der Waals surface area contributed by atoms with Crippen molar-refractivity contribution >= 4 is 35.0 Å². The second-order valence-electron chi connectivity index (χ2n) is 5.80. The van der Waals surface area contributed by atoms with E-state index >= 15 is 0 Å². The molecule has 0 saturated heterocycles. The van der Waals surface area contributed by atoms with Crippen LogP contribution in [0.3, 0.4) is 0 Å². The largest absolute Gasteiger partial charge is 0.478 e. The molecule has 0 spiro atoms. The molecule has 0 unspecified atom stereocenters. The van der Waals surface area contributed by atoms with Gasteiger partial charge in [0.15, 0.2) is 0 Å². The molecule has 0 heterocycles. The summed E-state index contributed by atoms with van der Waals surface area (Å²) in [5.74, 6) is -4.68. The normalized spacial score (nSPS) is 10.3. The maximum Gasteiger partial charge on any atom is 0.338 e. The molecule has 7 heteroatoms. The molecular formula is C21H15NO6. The minimum Gasteiger partial charge on any atom is -0.478 e. The topological polar surface area (TPSA) is 115 Å². The standard InChI is InChI=1S/C21H15NO6/c23-19(24)15-11-12-16(18(21(27)28)17(15)20(25)26)22(13-7-3-1-4-8-13)14-9-5-2-6-10-14/h1-12H,(H,23,24)(H,25,26)(H,27,28). The lowest BCUT2D eigenvalue weighted by Crippen LogP contribution is -2.20. The lowest BCUT2D eigenvalue weighted by molar-refractivity contribution is 0.0633. The van der Waals surface area contributed by atoms with Gasteiger partial charge in [-0.1, -0.05) is 36.4 Å². The third-order valence-electron chi connectivity index (χ3n) is 4.11. The number of anilines is 3. The minimum atomic E-state index is -1.63. The van der Waals surface area contributed by atoms with Crippen LogP contribution in [0.4, 0.5) is 17.1 Å². The molecule has 3 aromatic carbocycles. The molecule has 0 aliphatic carbocycles. The first-order valence-electron chi connectivity index (χ1n) is 8.19. The molecule has 3 rings (SSSR count). The Morgan fingerprint density at radius 3 is 1.43 bits per heavy atom. The Balaban J connectivity index is 2.38. The van der Waals surface area contributed by atoms with Crippen LogP contribution in [0.15, 0.2) is 72.8 Å². The van der Waals surface area contributed by atoms with Gasteiger partial charge in [-0.3, -0.25) is 0 Å². The molecule has 7 nitrogen and oxygen atoms in total. The lowest BCUT2D eigenvalue weighted by Gasteiger charge is -2.27. The molecular weight excluding hydrogens is 362 g/mol. The van der Waals surface area contributed by atoms with Gasteiger partial charge in [-0.25, -0.2) is 14.4 Å². The van der Waals surface area contributed by atoms with Crippen molar-refractivity contribution in [1.82, 2.24) is 0 Å². The SMILES string of the molecule is O=C(O)c1ccc(N(c2ccccc2)c2ccccc2)c(C(=O)O)c1C(=O)O. The number of carbonyl (C=O) groups is 3. The van der Waals surface area contributed by atoms with Gasteiger partial charge in [-0.2, -0.15) is 0 Å². The summed E-state index contributed by atoms with van der Waals surface area (Å²) in [5, 5.41) is 28.6. The van der Waals surface area contributed by atoms with E-state index in [9.17, 15) is 29.7 Å². The highest BCUT2D eigenvalue weighted by Crippen LogP contribution is 2.38. The van der Waals surface area contributed by atoms with Gasteiger partial charge in [-0.15, -0.1) is 0 Å². The molecule has 3 N–H and O–H groups in total. The summed E-state index contributed by atoms with van der Waals surface area (Å²) < 4.78 is 0. The summed E-state index contributed by atoms with van der Waals surface area (Å²) in [6.45, 7) is 0. The van der Waals surface area contributed by atoms with E-state index in [4.69, 9.17) is 0 Å². The number of hydrogen-bond acceptors (Lipinski definition) is 4. The highest BCUT2D eigenvalue weighted by atomic mass is 16.4. The Hall–Kier alpha value is -4.13. The first-order chi connectivity index (χ1) is 13.4. The van der Waals surface area contributed by atoms with E-state index in [0.717, 1.165) is 6.07 Å². The van der Waals surface area contributed by atoms with E-state index < -0.39 is 34.6 Å². The fourth-order valence-corrected chi connectivity index (χ4v) is 2.98. The molecule has 3 aromatic rings. The molecule has 140 valence electrons. The van der Waals surface area contributed by atoms with E-state index in [1.165, 1.54) is 6.07 Å². The fourth-order valence-electron chi connectivity index (χ4n) is 2.98. The highest BCUT2D eigenvalue weighted by Gasteiger charge is 2.30. The average molecular weight is 377 g/mol. The van der Waals surface area contributed by atoms with Crippen molar-refractivity contribution in [3.63, 3.8) is 0 Å². The Bertz CT molecular complexity index is 1010. The van der Waals surface area contributed by atoms with Crippen molar-refractivity contribution in [2.75, 3.05) is 4.90 Å². The fraction of sp³-hybridized carbons (Fsp3) is 0. The smallest absolute Gasteiger partial charge is 0.338 e. The van der Waals surface area contributed by atoms with Gasteiger partial charge < -0.3 is 20.2 Å². The number of hydrogen-bond donors (Lipinski definition) is 3. The molecule has 0 amide bonds. The number of carboxylic acids is 3. The third-order valence-corrected chi connectivity index (χ3v) is 4.11. The molecule has 0 atom stereocenters. The number of aromatic carboxylic acids is 3. The van der Waals surface area contributed by atoms with Gasteiger partial charge >= 0.3 is 17.9 Å². The van der Waals surface area contributed by atoms with Gasteiger partial charge in [-0.05, 0) is 36.4 Å². The highest BCUT2D eigenvalue weighted by molar-refractivity contribution is 6.12. The third kappa shape index (κ3) is 3.41. The van der Waals surface area contributed by atoms with E-state index in [0.29, 0.717) is 11.4 Å². The van der Waals surface area contributed by atoms with Gasteiger partial charge in [0.05, 0.1) is 22.4 Å². The first kappa shape index (κ1) is 18.7. The number of carboxylic acid groups (broad SMARTS) is 3. The van der Waals surface area contributed by atoms with Crippen molar-refractivity contribution in [2.45, 2.75) is 0 Å². The van der Waals surface area contributed by atoms with Crippen LogP contribution in [0, 0.1) is 0 Å². The van der Waals surface area contributed by atoms with Crippen LogP contribution >= 0.6 is 0 Å². The number of nitrogens with zero attached hydrogens (tertiary/aromatic N) is 1. The maximum atomic E-state index is 12.0. The Morgan fingerprint density at radius 2 is 1.04 bits per heavy atom. The number of benzene rings is 3. The quantitative estimate of drug-likeness (QED) is 0.588. The zero-order valence-corrected chi connectivity index (χ0v) is 14.4. The zero-order valence-electron chi connectivity index (χ0n) is 14.4. The summed E-state index contributed by atoms with van der Waals surface area (Å²) in [7, 11) is 0. The average Bonchev–Trinajstić information content (AvgIpc) is 2.69. The van der Waals surface area contributed by atoms with E-state index in [-0.39, 0.29) is 5.69 Å². The summed E-state index contributed by atoms with van der Waals surface area (Å²) in [6, 6.07) is 20.0. The second kappa shape index (κ2) is 7.63. The van der Waals surface area contributed by atoms with Gasteiger partial charge in [0.1, 0.15) is 0 Å². The molecule has 0 fully saturated rings. The molecule has 0 aromatic heterocycles. The minimum absolute atomic E-state index is 0.0484. The summed E-state index contributed by atoms with van der Waals surface area (Å²) >= 11 is 0. The Kier molecular flexibility index (Phi) is 5.08. The first-order valence-corrected chi connectivity index (χ1v) is 8.19. The van der Waals surface area contributed by atoms with Gasteiger partial charge in [0, 0.05) is 11.4 Å². The predicted octanol–water partition coefficient (Wildman–Crippen LogP) is 4.25. The molecule has 28 heavy (non-hydrogen) atoms. The lowest BCUT2D eigenvalue weighted by atomic mass is 9.97. The van der Waals surface area contributed by atoms with Crippen LogP contribution in [0.5, 0.6) is 0 Å². The van der Waals surface area contributed by atoms with Crippen molar-refractivity contribution in [3.8, 4) is 0 Å². The number of rotatable bonds is 6. The van der Waals surface area contributed by atoms with E-state index in [2.05, 4.69) is 0 Å².